The Hall–Kier alpha value is 1.48. The number of carboxylic acid groups (broad SMARTS) is 1. The molecule has 0 N–H and O–H groups in total. The molecule has 2 rings (SSSR count). The number of hydrogen-bond acceptors (Lipinski definition) is 5. The summed E-state index contributed by atoms with van der Waals surface area (Å²) < 4.78 is 4.54. The monoisotopic (exact) mass is 622 g/mol. The third kappa shape index (κ3) is 16.3. The molecular formula is C27H48N2O3RbY. The van der Waals surface area contributed by atoms with Crippen molar-refractivity contribution < 1.29 is 106 Å². The first-order chi connectivity index (χ1) is 14.1. The van der Waals surface area contributed by atoms with Crippen molar-refractivity contribution in [2.45, 2.75) is 85.0 Å². The minimum Gasteiger partial charge on any atom is -0.547 e. The van der Waals surface area contributed by atoms with E-state index in [1.807, 2.05) is 0 Å². The molecule has 0 atom stereocenters. The van der Waals surface area contributed by atoms with Gasteiger partial charge >= 0.3 is 90.9 Å². The number of carboxylic acids is 1. The molecule has 5 nitrogen and oxygen atoms in total. The summed E-state index contributed by atoms with van der Waals surface area (Å²) in [6.45, 7) is 27.9. The number of ether oxygens (including phenoxy) is 1. The summed E-state index contributed by atoms with van der Waals surface area (Å²) in [6, 6.07) is 8.80. The van der Waals surface area contributed by atoms with Crippen LogP contribution in [0.25, 0.3) is 0 Å². The van der Waals surface area contributed by atoms with Gasteiger partial charge in [0.2, 0.25) is 0 Å². The molecule has 7 heteroatoms. The Morgan fingerprint density at radius 3 is 1.74 bits per heavy atom. The van der Waals surface area contributed by atoms with Crippen molar-refractivity contribution in [1.29, 1.82) is 0 Å². The first-order valence-electron chi connectivity index (χ1n) is 11.0. The van der Waals surface area contributed by atoms with E-state index in [4.69, 9.17) is 0 Å². The fraction of sp³-hybridized carbons (Fsp3) is 0.630. The molecule has 1 heterocycles. The van der Waals surface area contributed by atoms with E-state index < -0.39 is 11.6 Å². The molecule has 1 aliphatic heterocycles. The molecule has 0 fully saturated rings. The molecule has 0 amide bonds. The van der Waals surface area contributed by atoms with E-state index in [0.29, 0.717) is 5.54 Å². The largest absolute Gasteiger partial charge is 3.00 e. The summed E-state index contributed by atoms with van der Waals surface area (Å²) in [5, 5.41) is 10.0. The molecule has 0 bridgehead atoms. The van der Waals surface area contributed by atoms with Crippen LogP contribution in [0.4, 0.5) is 0 Å². The molecule has 0 unspecified atom stereocenters. The van der Waals surface area contributed by atoms with Crippen molar-refractivity contribution in [2.24, 2.45) is 0 Å². The van der Waals surface area contributed by atoms with Gasteiger partial charge in [0.25, 0.3) is 0 Å². The van der Waals surface area contributed by atoms with Crippen molar-refractivity contribution in [3.05, 3.63) is 56.7 Å². The van der Waals surface area contributed by atoms with E-state index in [1.54, 1.807) is 0 Å². The molecule has 1 aromatic rings. The number of carbonyl (C=O) groups is 1. The molecule has 0 saturated carbocycles. The molecule has 0 radical (unpaired) electrons. The normalized spacial score (nSPS) is 13.4. The van der Waals surface area contributed by atoms with Crippen LogP contribution in [0.2, 0.25) is 0 Å². The van der Waals surface area contributed by atoms with Crippen LogP contribution in [-0.2, 0) is 55.2 Å². The Bertz CT molecular complexity index is 667. The van der Waals surface area contributed by atoms with Crippen molar-refractivity contribution in [2.75, 3.05) is 26.7 Å². The van der Waals surface area contributed by atoms with E-state index in [-0.39, 0.29) is 104 Å². The summed E-state index contributed by atoms with van der Waals surface area (Å²) in [5.41, 5.74) is 2.42. The van der Waals surface area contributed by atoms with Crippen molar-refractivity contribution >= 4 is 5.97 Å². The Morgan fingerprint density at radius 1 is 1.03 bits per heavy atom. The average molecular weight is 623 g/mol. The van der Waals surface area contributed by atoms with Crippen LogP contribution in [0.15, 0.2) is 24.3 Å². The predicted octanol–water partition coefficient (Wildman–Crippen LogP) is 1.21. The zero-order chi connectivity index (χ0) is 24.5. The summed E-state index contributed by atoms with van der Waals surface area (Å²) in [4.78, 5) is 14.8. The van der Waals surface area contributed by atoms with Gasteiger partial charge in [0, 0.05) is 31.3 Å². The van der Waals surface area contributed by atoms with Gasteiger partial charge in [-0.15, -0.1) is 13.1 Å². The first kappa shape index (κ1) is 42.6. The summed E-state index contributed by atoms with van der Waals surface area (Å²) in [7, 11) is 1.33. The second kappa shape index (κ2) is 19.5. The Morgan fingerprint density at radius 2 is 1.47 bits per heavy atom. The number of nitrogens with zero attached hydrogens (tertiary/aromatic N) is 2. The van der Waals surface area contributed by atoms with E-state index in [9.17, 15) is 9.90 Å². The van der Waals surface area contributed by atoms with Gasteiger partial charge in [-0.05, 0) is 72.9 Å². The average Bonchev–Trinajstić information content (AvgIpc) is 2.67. The van der Waals surface area contributed by atoms with Gasteiger partial charge in [-0.25, -0.2) is 0 Å². The zero-order valence-corrected chi connectivity index (χ0v) is 31.7. The molecule has 0 aliphatic carbocycles. The van der Waals surface area contributed by atoms with Gasteiger partial charge < -0.3 is 40.8 Å². The Labute approximate surface area is 285 Å². The first-order valence-corrected chi connectivity index (χ1v) is 11.0. The standard InChI is InChI=1S/C13H19N.C8H17N.C5H10O3.CH3.Rb.Y/c1-13(2,3)14-9-8-11-6-4-5-7-12(11)10-14;1-6-9(7-2)8(3,4)5;1-5(2,8-3)4(6)7;;;/h4-7H,8-10H2,1-3H3;1-2,6-7H2,3-5H3;1-3H3,(H,6,7);1H3;;/q;-2;;-1;+1;+3/p-1. The van der Waals surface area contributed by atoms with Crippen LogP contribution in [0.1, 0.15) is 66.5 Å². The smallest absolute Gasteiger partial charge is 0.547 e. The predicted molar refractivity (Wildman–Crippen MR) is 135 cm³/mol. The zero-order valence-electron chi connectivity index (χ0n) is 24.0. The maximum absolute atomic E-state index is 10.0. The van der Waals surface area contributed by atoms with E-state index in [1.165, 1.54) is 45.0 Å². The number of carbonyl (C=O) groups excluding carboxylic acids is 1. The minimum atomic E-state index is -1.19. The van der Waals surface area contributed by atoms with Crippen LogP contribution in [0.5, 0.6) is 0 Å². The molecule has 0 spiro atoms. The van der Waals surface area contributed by atoms with Crippen LogP contribution in [0, 0.1) is 21.3 Å². The molecule has 1 aliphatic rings. The number of fused-ring (bicyclic) bond motifs is 1. The third-order valence-electron chi connectivity index (χ3n) is 5.57. The summed E-state index contributed by atoms with van der Waals surface area (Å²) in [6.07, 6.45) is 1.20. The number of hydrogen-bond donors (Lipinski definition) is 0. The topological polar surface area (TPSA) is 55.8 Å². The van der Waals surface area contributed by atoms with Gasteiger partial charge in [0.1, 0.15) is 5.60 Å². The van der Waals surface area contributed by atoms with Crippen molar-refractivity contribution in [1.82, 2.24) is 9.80 Å². The second-order valence-corrected chi connectivity index (χ2v) is 10.3. The second-order valence-electron chi connectivity index (χ2n) is 10.3. The Kier molecular flexibility index (Phi) is 24.5. The Balaban J connectivity index is -0.000000201. The number of rotatable bonds is 4. The molecular weight excluding hydrogens is 575 g/mol. The van der Waals surface area contributed by atoms with Crippen LogP contribution in [-0.4, -0.2) is 59.2 Å². The van der Waals surface area contributed by atoms with E-state index in [0.717, 1.165) is 19.6 Å². The number of methoxy groups -OCH3 is 1. The number of benzene rings is 1. The van der Waals surface area contributed by atoms with Gasteiger partial charge in [-0.2, -0.15) is 0 Å². The minimum absolute atomic E-state index is 0. The van der Waals surface area contributed by atoms with Crippen LogP contribution < -0.4 is 63.3 Å². The summed E-state index contributed by atoms with van der Waals surface area (Å²) in [5.74, 6) is -1.19. The SMILES string of the molecule is CC(C)(C)N1CCc2ccccc2C1.COC(C)(C)C(=O)[O-].[CH2-]CN(C[CH2-])C(C)(C)C.[CH3-].[Rb+].[Y+3]. The van der Waals surface area contributed by atoms with E-state index in [2.05, 4.69) is 94.2 Å². The van der Waals surface area contributed by atoms with Crippen LogP contribution in [0.3, 0.4) is 0 Å². The quantitative estimate of drug-likeness (QED) is 0.473. The molecule has 34 heavy (non-hydrogen) atoms. The van der Waals surface area contributed by atoms with E-state index >= 15 is 0 Å². The molecule has 0 saturated heterocycles. The van der Waals surface area contributed by atoms with Gasteiger partial charge in [-0.3, -0.25) is 4.90 Å². The fourth-order valence-corrected chi connectivity index (χ4v) is 2.93. The van der Waals surface area contributed by atoms with Gasteiger partial charge in [0.15, 0.2) is 0 Å². The van der Waals surface area contributed by atoms with Crippen molar-refractivity contribution in [3.8, 4) is 0 Å². The van der Waals surface area contributed by atoms with Gasteiger partial charge in [0.05, 0.1) is 5.97 Å². The molecule has 1 aromatic carbocycles. The number of aliphatic carboxylic acids is 1. The van der Waals surface area contributed by atoms with Crippen LogP contribution >= 0.6 is 0 Å². The maximum Gasteiger partial charge on any atom is 3.00 e. The fourth-order valence-electron chi connectivity index (χ4n) is 2.93. The molecule has 0 aromatic heterocycles. The maximum atomic E-state index is 10.0. The summed E-state index contributed by atoms with van der Waals surface area (Å²) >= 11 is 0. The van der Waals surface area contributed by atoms with Crippen molar-refractivity contribution in [3.63, 3.8) is 0 Å². The molecule has 188 valence electrons. The van der Waals surface area contributed by atoms with Gasteiger partial charge in [-0.1, -0.05) is 24.3 Å². The third-order valence-corrected chi connectivity index (χ3v) is 5.57.